The lowest BCUT2D eigenvalue weighted by atomic mass is 10.0. The van der Waals surface area contributed by atoms with E-state index in [-0.39, 0.29) is 12.5 Å². The molecule has 0 fully saturated rings. The highest BCUT2D eigenvalue weighted by Gasteiger charge is 2.10. The Kier molecular flexibility index (Phi) is 6.65. The van der Waals surface area contributed by atoms with Gasteiger partial charge in [-0.2, -0.15) is 0 Å². The van der Waals surface area contributed by atoms with Crippen molar-refractivity contribution in [3.63, 3.8) is 0 Å². The van der Waals surface area contributed by atoms with Gasteiger partial charge >= 0.3 is 6.03 Å². The summed E-state index contributed by atoms with van der Waals surface area (Å²) in [6.45, 7) is 3.88. The maximum atomic E-state index is 11.8. The van der Waals surface area contributed by atoms with Crippen LogP contribution in [-0.2, 0) is 4.79 Å². The minimum Gasteiger partial charge on any atom is -0.483 e. The summed E-state index contributed by atoms with van der Waals surface area (Å²) >= 11 is 5.83. The first-order valence-electron chi connectivity index (χ1n) is 7.79. The van der Waals surface area contributed by atoms with Gasteiger partial charge in [0.05, 0.1) is 0 Å². The van der Waals surface area contributed by atoms with Gasteiger partial charge in [0.1, 0.15) is 5.75 Å². The summed E-state index contributed by atoms with van der Waals surface area (Å²) in [5, 5.41) is 3.05. The largest absolute Gasteiger partial charge is 0.483 e. The number of nitrogens with one attached hydrogen (secondary N) is 3. The zero-order valence-electron chi connectivity index (χ0n) is 14.0. The number of halogens is 1. The van der Waals surface area contributed by atoms with Gasteiger partial charge in [-0.15, -0.1) is 0 Å². The highest BCUT2D eigenvalue weighted by molar-refractivity contribution is 6.30. The molecule has 6 nitrogen and oxygen atoms in total. The van der Waals surface area contributed by atoms with Crippen molar-refractivity contribution in [3.05, 3.63) is 59.1 Å². The van der Waals surface area contributed by atoms with Gasteiger partial charge in [0.2, 0.25) is 0 Å². The molecule has 0 saturated heterocycles. The Balaban J connectivity index is 1.78. The average molecular weight is 362 g/mol. The fourth-order valence-electron chi connectivity index (χ4n) is 2.12. The van der Waals surface area contributed by atoms with Gasteiger partial charge in [-0.05, 0) is 35.7 Å². The predicted octanol–water partition coefficient (Wildman–Crippen LogP) is 3.70. The summed E-state index contributed by atoms with van der Waals surface area (Å²) in [6.07, 6.45) is 0. The van der Waals surface area contributed by atoms with Gasteiger partial charge in [0.15, 0.2) is 6.61 Å². The Morgan fingerprint density at radius 3 is 2.56 bits per heavy atom. The van der Waals surface area contributed by atoms with Crippen molar-refractivity contribution in [2.45, 2.75) is 19.8 Å². The molecule has 0 aliphatic heterocycles. The van der Waals surface area contributed by atoms with Crippen molar-refractivity contribution < 1.29 is 14.3 Å². The minimum absolute atomic E-state index is 0.207. The fourth-order valence-corrected chi connectivity index (χ4v) is 2.31. The van der Waals surface area contributed by atoms with Crippen molar-refractivity contribution in [1.29, 1.82) is 0 Å². The Morgan fingerprint density at radius 2 is 1.84 bits per heavy atom. The minimum atomic E-state index is -0.585. The number of hydrazine groups is 1. The van der Waals surface area contributed by atoms with Crippen LogP contribution in [0.2, 0.25) is 5.02 Å². The van der Waals surface area contributed by atoms with Crippen molar-refractivity contribution in [2.24, 2.45) is 0 Å². The molecular weight excluding hydrogens is 342 g/mol. The number of rotatable bonds is 5. The van der Waals surface area contributed by atoms with Crippen LogP contribution < -0.4 is 20.9 Å². The lowest BCUT2D eigenvalue weighted by molar-refractivity contribution is -0.123. The van der Waals surface area contributed by atoms with E-state index in [1.165, 1.54) is 0 Å². The lowest BCUT2D eigenvalue weighted by Crippen LogP contribution is -2.45. The Labute approximate surface area is 151 Å². The zero-order valence-corrected chi connectivity index (χ0v) is 14.8. The lowest BCUT2D eigenvalue weighted by Gasteiger charge is -2.14. The van der Waals surface area contributed by atoms with Crippen LogP contribution in [0, 0.1) is 0 Å². The first kappa shape index (κ1) is 18.6. The maximum Gasteiger partial charge on any atom is 0.337 e. The molecule has 0 atom stereocenters. The number of hydrogen-bond donors (Lipinski definition) is 3. The first-order valence-corrected chi connectivity index (χ1v) is 8.16. The molecule has 0 heterocycles. The summed E-state index contributed by atoms with van der Waals surface area (Å²) in [4.78, 5) is 23.5. The van der Waals surface area contributed by atoms with E-state index in [4.69, 9.17) is 16.3 Å². The molecule has 0 unspecified atom stereocenters. The van der Waals surface area contributed by atoms with E-state index in [2.05, 4.69) is 16.2 Å². The summed E-state index contributed by atoms with van der Waals surface area (Å²) in [7, 11) is 0. The molecule has 0 aromatic heterocycles. The Bertz CT molecular complexity index is 750. The smallest absolute Gasteiger partial charge is 0.337 e. The van der Waals surface area contributed by atoms with Gasteiger partial charge in [-0.25, -0.2) is 10.2 Å². The van der Waals surface area contributed by atoms with Crippen molar-refractivity contribution in [2.75, 3.05) is 11.9 Å². The number of para-hydroxylation sites is 1. The van der Waals surface area contributed by atoms with Crippen LogP contribution in [0.1, 0.15) is 25.3 Å². The standard InChI is InChI=1S/C18H20ClN3O3/c1-12(2)15-8-3-4-9-16(15)25-11-17(23)21-22-18(24)20-14-7-5-6-13(19)10-14/h3-10,12H,11H2,1-2H3,(H,21,23)(H2,20,22,24). The Morgan fingerprint density at radius 1 is 1.08 bits per heavy atom. The molecule has 2 aromatic carbocycles. The normalized spacial score (nSPS) is 10.2. The summed E-state index contributed by atoms with van der Waals surface area (Å²) < 4.78 is 5.53. The molecule has 0 aliphatic rings. The topological polar surface area (TPSA) is 79.5 Å². The molecule has 0 saturated carbocycles. The summed E-state index contributed by atoms with van der Waals surface area (Å²) in [5.74, 6) is 0.455. The SMILES string of the molecule is CC(C)c1ccccc1OCC(=O)NNC(=O)Nc1cccc(Cl)c1. The monoisotopic (exact) mass is 361 g/mol. The van der Waals surface area contributed by atoms with Crippen LogP contribution in [0.25, 0.3) is 0 Å². The third-order valence-electron chi connectivity index (χ3n) is 3.30. The number of benzene rings is 2. The summed E-state index contributed by atoms with van der Waals surface area (Å²) in [5.41, 5.74) is 6.06. The number of amides is 3. The van der Waals surface area contributed by atoms with Crippen LogP contribution in [0.3, 0.4) is 0 Å². The van der Waals surface area contributed by atoms with Gasteiger partial charge in [0, 0.05) is 10.7 Å². The van der Waals surface area contributed by atoms with Crippen LogP contribution in [0.15, 0.2) is 48.5 Å². The number of urea groups is 1. The first-order chi connectivity index (χ1) is 12.0. The quantitative estimate of drug-likeness (QED) is 0.710. The van der Waals surface area contributed by atoms with Crippen molar-refractivity contribution in [3.8, 4) is 5.75 Å². The third-order valence-corrected chi connectivity index (χ3v) is 3.53. The Hall–Kier alpha value is -2.73. The second kappa shape index (κ2) is 8.94. The van der Waals surface area contributed by atoms with Crippen molar-refractivity contribution >= 4 is 29.2 Å². The van der Waals surface area contributed by atoms with Gasteiger partial charge in [-0.3, -0.25) is 10.2 Å². The number of ether oxygens (including phenoxy) is 1. The molecule has 0 radical (unpaired) electrons. The molecule has 2 aromatic rings. The van der Waals surface area contributed by atoms with E-state index in [1.807, 2.05) is 38.1 Å². The number of anilines is 1. The number of carbonyl (C=O) groups excluding carboxylic acids is 2. The van der Waals surface area contributed by atoms with E-state index in [1.54, 1.807) is 24.3 Å². The van der Waals surface area contributed by atoms with E-state index in [0.717, 1.165) is 5.56 Å². The molecule has 3 N–H and O–H groups in total. The molecule has 7 heteroatoms. The zero-order chi connectivity index (χ0) is 18.2. The number of hydrogen-bond acceptors (Lipinski definition) is 3. The second-order valence-corrected chi connectivity index (χ2v) is 6.06. The van der Waals surface area contributed by atoms with Crippen molar-refractivity contribution in [1.82, 2.24) is 10.9 Å². The summed E-state index contributed by atoms with van der Waals surface area (Å²) in [6, 6.07) is 13.6. The highest BCUT2D eigenvalue weighted by Crippen LogP contribution is 2.25. The maximum absolute atomic E-state index is 11.8. The van der Waals surface area contributed by atoms with E-state index in [9.17, 15) is 9.59 Å². The van der Waals surface area contributed by atoms with Gasteiger partial charge in [-0.1, -0.05) is 49.7 Å². The molecular formula is C18H20ClN3O3. The average Bonchev–Trinajstić information content (AvgIpc) is 2.58. The predicted molar refractivity (Wildman–Crippen MR) is 97.8 cm³/mol. The van der Waals surface area contributed by atoms with Gasteiger partial charge < -0.3 is 10.1 Å². The highest BCUT2D eigenvalue weighted by atomic mass is 35.5. The molecule has 2 rings (SSSR count). The van der Waals surface area contributed by atoms with E-state index >= 15 is 0 Å². The molecule has 3 amide bonds. The fraction of sp³-hybridized carbons (Fsp3) is 0.222. The number of carbonyl (C=O) groups is 2. The molecule has 0 aliphatic carbocycles. The molecule has 0 bridgehead atoms. The van der Waals surface area contributed by atoms with Crippen LogP contribution in [0.4, 0.5) is 10.5 Å². The van der Waals surface area contributed by atoms with Crippen LogP contribution in [-0.4, -0.2) is 18.5 Å². The molecule has 0 spiro atoms. The molecule has 132 valence electrons. The van der Waals surface area contributed by atoms with Crippen LogP contribution in [0.5, 0.6) is 5.75 Å². The third kappa shape index (κ3) is 6.00. The molecule has 25 heavy (non-hydrogen) atoms. The van der Waals surface area contributed by atoms with Gasteiger partial charge in [0.25, 0.3) is 5.91 Å². The van der Waals surface area contributed by atoms with E-state index in [0.29, 0.717) is 16.5 Å². The van der Waals surface area contributed by atoms with Crippen LogP contribution >= 0.6 is 11.6 Å². The second-order valence-electron chi connectivity index (χ2n) is 5.62. The van der Waals surface area contributed by atoms with E-state index < -0.39 is 11.9 Å².